The van der Waals surface area contributed by atoms with Gasteiger partial charge in [-0.3, -0.25) is 9.97 Å². The maximum Gasteiger partial charge on any atom is 0.141 e. The second-order valence-electron chi connectivity index (χ2n) is 5.22. The maximum absolute atomic E-state index is 4.59. The van der Waals surface area contributed by atoms with Gasteiger partial charge in [0.05, 0.1) is 5.69 Å². The smallest absolute Gasteiger partial charge is 0.141 e. The largest absolute Gasteiger partial charge is 0.339 e. The molecule has 0 aliphatic heterocycles. The Labute approximate surface area is 149 Å². The van der Waals surface area contributed by atoms with Crippen molar-refractivity contribution in [3.05, 3.63) is 84.6 Å². The van der Waals surface area contributed by atoms with Gasteiger partial charge in [-0.2, -0.15) is 0 Å². The first-order valence-corrected chi connectivity index (χ1v) is 8.43. The highest BCUT2D eigenvalue weighted by Gasteiger charge is 2.36. The lowest BCUT2D eigenvalue weighted by Gasteiger charge is -2.37. The summed E-state index contributed by atoms with van der Waals surface area (Å²) in [7, 11) is 2.05. The van der Waals surface area contributed by atoms with Crippen LogP contribution in [0.25, 0.3) is 0 Å². The molecule has 0 aliphatic carbocycles. The number of hydrogen-bond donors (Lipinski definition) is 0. The lowest BCUT2D eigenvalue weighted by atomic mass is 10.0. The van der Waals surface area contributed by atoms with Crippen LogP contribution >= 0.6 is 22.6 Å². The molecule has 0 radical (unpaired) electrons. The zero-order valence-corrected chi connectivity index (χ0v) is 15.0. The Kier molecular flexibility index (Phi) is 4.85. The summed E-state index contributed by atoms with van der Waals surface area (Å²) in [6.07, 6.45) is 6.19. The fraction of sp³-hybridized carbons (Fsp3) is 0.167. The molecule has 0 N–H and O–H groups in total. The molecule has 3 aromatic rings. The van der Waals surface area contributed by atoms with E-state index in [4.69, 9.17) is 0 Å². The summed E-state index contributed by atoms with van der Waals surface area (Å²) in [5.41, 5.74) is 2.01. The van der Waals surface area contributed by atoms with Crippen LogP contribution in [0.2, 0.25) is 0 Å². The van der Waals surface area contributed by atoms with E-state index in [2.05, 4.69) is 48.5 Å². The van der Waals surface area contributed by atoms with Gasteiger partial charge in [0.2, 0.25) is 0 Å². The molecular formula is C18H17IN4. The summed E-state index contributed by atoms with van der Waals surface area (Å²) >= 11 is 2.46. The first-order chi connectivity index (χ1) is 11.2. The van der Waals surface area contributed by atoms with Gasteiger partial charge in [0.15, 0.2) is 0 Å². The first kappa shape index (κ1) is 15.9. The molecule has 0 aliphatic rings. The number of rotatable bonds is 5. The van der Waals surface area contributed by atoms with Crippen LogP contribution in [0.1, 0.15) is 11.4 Å². The summed E-state index contributed by atoms with van der Waals surface area (Å²) in [4.78, 5) is 15.7. The molecular weight excluding hydrogens is 399 g/mol. The van der Waals surface area contributed by atoms with E-state index >= 15 is 0 Å². The van der Waals surface area contributed by atoms with Gasteiger partial charge < -0.3 is 4.90 Å². The molecule has 0 fully saturated rings. The lowest BCUT2D eigenvalue weighted by Crippen LogP contribution is -2.41. The van der Waals surface area contributed by atoms with Crippen molar-refractivity contribution >= 4 is 28.4 Å². The fourth-order valence-electron chi connectivity index (χ4n) is 2.45. The number of pyridine rings is 3. The van der Waals surface area contributed by atoms with Crippen molar-refractivity contribution in [1.82, 2.24) is 15.0 Å². The highest BCUT2D eigenvalue weighted by atomic mass is 127. The van der Waals surface area contributed by atoms with Gasteiger partial charge in [0.1, 0.15) is 9.36 Å². The molecule has 3 rings (SSSR count). The summed E-state index contributed by atoms with van der Waals surface area (Å²) in [6.45, 7) is 0. The Balaban J connectivity index is 2.03. The Bertz CT molecular complexity index is 737. The Morgan fingerprint density at radius 1 is 0.870 bits per heavy atom. The van der Waals surface area contributed by atoms with Gasteiger partial charge in [0, 0.05) is 37.8 Å². The molecule has 0 saturated carbocycles. The third kappa shape index (κ3) is 3.50. The quantitative estimate of drug-likeness (QED) is 0.360. The van der Waals surface area contributed by atoms with Gasteiger partial charge in [-0.25, -0.2) is 4.98 Å². The van der Waals surface area contributed by atoms with Gasteiger partial charge in [0.25, 0.3) is 0 Å². The van der Waals surface area contributed by atoms with Crippen molar-refractivity contribution in [2.75, 3.05) is 11.9 Å². The number of aromatic nitrogens is 3. The summed E-state index contributed by atoms with van der Waals surface area (Å²) in [5, 5.41) is 0. The second kappa shape index (κ2) is 7.04. The number of anilines is 1. The maximum atomic E-state index is 4.59. The van der Waals surface area contributed by atoms with E-state index in [1.807, 2.05) is 74.2 Å². The number of hydrogen-bond acceptors (Lipinski definition) is 4. The molecule has 0 bridgehead atoms. The number of halogens is 1. The Morgan fingerprint density at radius 3 is 2.09 bits per heavy atom. The molecule has 4 nitrogen and oxygen atoms in total. The minimum absolute atomic E-state index is 0.373. The molecule has 0 spiro atoms. The lowest BCUT2D eigenvalue weighted by molar-refractivity contribution is 0.603. The average molecular weight is 416 g/mol. The molecule has 0 saturated heterocycles. The van der Waals surface area contributed by atoms with Crippen molar-refractivity contribution in [3.8, 4) is 0 Å². The fourth-order valence-corrected chi connectivity index (χ4v) is 3.40. The molecule has 3 aromatic heterocycles. The Hall–Kier alpha value is -2.02. The van der Waals surface area contributed by atoms with Gasteiger partial charge in [-0.15, -0.1) is 0 Å². The summed E-state index contributed by atoms with van der Waals surface area (Å²) in [6, 6.07) is 17.9. The predicted octanol–water partition coefficient (Wildman–Crippen LogP) is 3.84. The van der Waals surface area contributed by atoms with E-state index in [1.54, 1.807) is 0 Å². The SMILES string of the molecule is CN(c1ccccn1)C(I)(Cc1ccccn1)c1ccccn1. The highest BCUT2D eigenvalue weighted by molar-refractivity contribution is 14.1. The van der Waals surface area contributed by atoms with Crippen molar-refractivity contribution in [2.24, 2.45) is 0 Å². The van der Waals surface area contributed by atoms with Crippen molar-refractivity contribution < 1.29 is 0 Å². The molecule has 23 heavy (non-hydrogen) atoms. The summed E-state index contributed by atoms with van der Waals surface area (Å²) < 4.78 is -0.373. The molecule has 3 heterocycles. The van der Waals surface area contributed by atoms with Crippen LogP contribution in [0.5, 0.6) is 0 Å². The minimum Gasteiger partial charge on any atom is -0.339 e. The van der Waals surface area contributed by atoms with Crippen molar-refractivity contribution in [3.63, 3.8) is 0 Å². The van der Waals surface area contributed by atoms with Gasteiger partial charge in [-0.05, 0) is 59.0 Å². The van der Waals surface area contributed by atoms with Crippen LogP contribution in [-0.4, -0.2) is 22.0 Å². The number of likely N-dealkylation sites (N-methyl/N-ethyl adjacent to an activating group) is 1. The minimum atomic E-state index is -0.373. The van der Waals surface area contributed by atoms with Crippen LogP contribution in [0.15, 0.2) is 73.2 Å². The zero-order valence-electron chi connectivity index (χ0n) is 12.8. The van der Waals surface area contributed by atoms with Crippen LogP contribution in [0.3, 0.4) is 0 Å². The predicted molar refractivity (Wildman–Crippen MR) is 101 cm³/mol. The van der Waals surface area contributed by atoms with E-state index in [0.717, 1.165) is 23.6 Å². The van der Waals surface area contributed by atoms with Crippen LogP contribution in [0.4, 0.5) is 5.82 Å². The third-order valence-electron chi connectivity index (χ3n) is 3.72. The van der Waals surface area contributed by atoms with Crippen molar-refractivity contribution in [1.29, 1.82) is 0 Å². The first-order valence-electron chi connectivity index (χ1n) is 7.35. The van der Waals surface area contributed by atoms with E-state index in [1.165, 1.54) is 0 Å². The van der Waals surface area contributed by atoms with E-state index < -0.39 is 0 Å². The highest BCUT2D eigenvalue weighted by Crippen LogP contribution is 2.39. The van der Waals surface area contributed by atoms with E-state index in [0.29, 0.717) is 0 Å². The zero-order chi connectivity index (χ0) is 16.1. The number of alkyl halides is 1. The average Bonchev–Trinajstić information content (AvgIpc) is 2.63. The van der Waals surface area contributed by atoms with E-state index in [9.17, 15) is 0 Å². The van der Waals surface area contributed by atoms with E-state index in [-0.39, 0.29) is 3.55 Å². The topological polar surface area (TPSA) is 41.9 Å². The van der Waals surface area contributed by atoms with Gasteiger partial charge in [-0.1, -0.05) is 18.2 Å². The normalized spacial score (nSPS) is 13.3. The molecule has 0 aromatic carbocycles. The van der Waals surface area contributed by atoms with Crippen LogP contribution < -0.4 is 4.90 Å². The molecule has 1 atom stereocenters. The van der Waals surface area contributed by atoms with Gasteiger partial charge >= 0.3 is 0 Å². The van der Waals surface area contributed by atoms with Crippen LogP contribution in [-0.2, 0) is 9.97 Å². The third-order valence-corrected chi connectivity index (χ3v) is 5.38. The Morgan fingerprint density at radius 2 is 1.52 bits per heavy atom. The summed E-state index contributed by atoms with van der Waals surface area (Å²) in [5.74, 6) is 0.906. The second-order valence-corrected chi connectivity index (χ2v) is 7.00. The monoisotopic (exact) mass is 416 g/mol. The van der Waals surface area contributed by atoms with Crippen molar-refractivity contribution in [2.45, 2.75) is 9.97 Å². The van der Waals surface area contributed by atoms with Crippen LogP contribution in [0, 0.1) is 0 Å². The molecule has 116 valence electrons. The molecule has 5 heteroatoms. The molecule has 1 unspecified atom stereocenters. The number of nitrogens with zero attached hydrogens (tertiary/aromatic N) is 4. The standard InChI is InChI=1S/C18H17IN4/c1-23(17-10-4-7-13-22-17)18(19,16-9-3-6-12-21-16)14-15-8-2-5-11-20-15/h2-13H,14H2,1H3. The molecule has 0 amide bonds.